The lowest BCUT2D eigenvalue weighted by atomic mass is 10.1. The first-order chi connectivity index (χ1) is 9.04. The highest BCUT2D eigenvalue weighted by molar-refractivity contribution is 5.85. The van der Waals surface area contributed by atoms with Crippen LogP contribution >= 0.6 is 12.4 Å². The van der Waals surface area contributed by atoms with E-state index in [1.54, 1.807) is 32.2 Å². The number of nitrogens with one attached hydrogen (secondary N) is 2. The third kappa shape index (κ3) is 6.16. The molecule has 1 rings (SSSR count). The van der Waals surface area contributed by atoms with Crippen molar-refractivity contribution >= 4 is 18.3 Å². The molecule has 1 aromatic rings. The SMILES string of the molecule is CNCC(C)C(=O)NCc1ccccc1OC(F)F.Cl. The highest BCUT2D eigenvalue weighted by Crippen LogP contribution is 2.19. The van der Waals surface area contributed by atoms with Crippen molar-refractivity contribution in [1.29, 1.82) is 0 Å². The van der Waals surface area contributed by atoms with Crippen molar-refractivity contribution < 1.29 is 18.3 Å². The van der Waals surface area contributed by atoms with Gasteiger partial charge in [0, 0.05) is 24.6 Å². The third-order valence-corrected chi connectivity index (χ3v) is 2.60. The van der Waals surface area contributed by atoms with Gasteiger partial charge in [-0.15, -0.1) is 12.4 Å². The molecule has 1 unspecified atom stereocenters. The highest BCUT2D eigenvalue weighted by atomic mass is 35.5. The van der Waals surface area contributed by atoms with E-state index in [1.165, 1.54) is 6.07 Å². The zero-order valence-corrected chi connectivity index (χ0v) is 12.2. The second kappa shape index (κ2) is 9.50. The summed E-state index contributed by atoms with van der Waals surface area (Å²) in [4.78, 5) is 11.7. The van der Waals surface area contributed by atoms with E-state index in [1.807, 2.05) is 0 Å². The molecule has 4 nitrogen and oxygen atoms in total. The van der Waals surface area contributed by atoms with Crippen LogP contribution in [0, 0.1) is 5.92 Å². The van der Waals surface area contributed by atoms with Gasteiger partial charge in [0.15, 0.2) is 0 Å². The molecule has 0 bridgehead atoms. The molecule has 0 fully saturated rings. The first-order valence-corrected chi connectivity index (χ1v) is 5.99. The van der Waals surface area contributed by atoms with Crippen LogP contribution in [0.4, 0.5) is 8.78 Å². The average Bonchev–Trinajstić information content (AvgIpc) is 2.37. The summed E-state index contributed by atoms with van der Waals surface area (Å²) < 4.78 is 28.8. The molecule has 20 heavy (non-hydrogen) atoms. The maximum atomic E-state index is 12.2. The fourth-order valence-electron chi connectivity index (χ4n) is 1.62. The van der Waals surface area contributed by atoms with Crippen molar-refractivity contribution in [3.63, 3.8) is 0 Å². The first kappa shape index (κ1) is 18.6. The molecule has 0 aromatic heterocycles. The summed E-state index contributed by atoms with van der Waals surface area (Å²) in [5.41, 5.74) is 0.521. The van der Waals surface area contributed by atoms with Crippen molar-refractivity contribution in [1.82, 2.24) is 10.6 Å². The van der Waals surface area contributed by atoms with Gasteiger partial charge in [0.25, 0.3) is 0 Å². The smallest absolute Gasteiger partial charge is 0.387 e. The summed E-state index contributed by atoms with van der Waals surface area (Å²) in [6.07, 6.45) is 0. The van der Waals surface area contributed by atoms with Crippen LogP contribution in [0.5, 0.6) is 5.75 Å². The molecule has 7 heteroatoms. The van der Waals surface area contributed by atoms with Gasteiger partial charge in [0.1, 0.15) is 5.75 Å². The van der Waals surface area contributed by atoms with Crippen LogP contribution in [-0.4, -0.2) is 26.1 Å². The Bertz CT molecular complexity index is 419. The van der Waals surface area contributed by atoms with Gasteiger partial charge >= 0.3 is 6.61 Å². The molecule has 1 aromatic carbocycles. The van der Waals surface area contributed by atoms with Gasteiger partial charge in [-0.3, -0.25) is 4.79 Å². The van der Waals surface area contributed by atoms with Gasteiger partial charge in [-0.1, -0.05) is 25.1 Å². The third-order valence-electron chi connectivity index (χ3n) is 2.60. The summed E-state index contributed by atoms with van der Waals surface area (Å²) in [7, 11) is 1.76. The number of benzene rings is 1. The Morgan fingerprint density at radius 3 is 2.60 bits per heavy atom. The van der Waals surface area contributed by atoms with Gasteiger partial charge < -0.3 is 15.4 Å². The van der Waals surface area contributed by atoms with E-state index < -0.39 is 6.61 Å². The lowest BCUT2D eigenvalue weighted by Gasteiger charge is -2.14. The standard InChI is InChI=1S/C13H18F2N2O2.ClH/c1-9(7-16-2)12(18)17-8-10-5-3-4-6-11(10)19-13(14)15;/h3-6,9,13,16H,7-8H2,1-2H3,(H,17,18);1H. The largest absolute Gasteiger partial charge is 0.434 e. The number of carbonyl (C=O) groups is 1. The summed E-state index contributed by atoms with van der Waals surface area (Å²) in [5.74, 6) is -0.242. The quantitative estimate of drug-likeness (QED) is 0.812. The molecule has 0 aliphatic rings. The zero-order valence-electron chi connectivity index (χ0n) is 11.4. The molecule has 2 N–H and O–H groups in total. The molecule has 1 atom stereocenters. The lowest BCUT2D eigenvalue weighted by molar-refractivity contribution is -0.124. The Morgan fingerprint density at radius 2 is 2.00 bits per heavy atom. The number of hydrogen-bond acceptors (Lipinski definition) is 3. The topological polar surface area (TPSA) is 50.4 Å². The van der Waals surface area contributed by atoms with Crippen LogP contribution < -0.4 is 15.4 Å². The summed E-state index contributed by atoms with van der Waals surface area (Å²) in [6, 6.07) is 6.40. The van der Waals surface area contributed by atoms with Crippen LogP contribution in [0.25, 0.3) is 0 Å². The predicted molar refractivity (Wildman–Crippen MR) is 75.3 cm³/mol. The molecule has 0 heterocycles. The summed E-state index contributed by atoms with van der Waals surface area (Å²) in [6.45, 7) is -0.371. The minimum atomic E-state index is -2.87. The molecule has 0 saturated heterocycles. The van der Waals surface area contributed by atoms with E-state index in [0.717, 1.165) is 0 Å². The minimum Gasteiger partial charge on any atom is -0.434 e. The highest BCUT2D eigenvalue weighted by Gasteiger charge is 2.13. The van der Waals surface area contributed by atoms with Crippen molar-refractivity contribution in [2.45, 2.75) is 20.1 Å². The number of carbonyl (C=O) groups excluding carboxylic acids is 1. The number of para-hydroxylation sites is 1. The summed E-state index contributed by atoms with van der Waals surface area (Å²) in [5, 5.41) is 5.59. The van der Waals surface area contributed by atoms with E-state index in [2.05, 4.69) is 15.4 Å². The van der Waals surface area contributed by atoms with E-state index in [9.17, 15) is 13.6 Å². The van der Waals surface area contributed by atoms with Gasteiger partial charge in [-0.2, -0.15) is 8.78 Å². The second-order valence-electron chi connectivity index (χ2n) is 4.16. The maximum absolute atomic E-state index is 12.2. The normalized spacial score (nSPS) is 11.7. The Labute approximate surface area is 123 Å². The van der Waals surface area contributed by atoms with Gasteiger partial charge in [-0.25, -0.2) is 0 Å². The number of ether oxygens (including phenoxy) is 1. The van der Waals surface area contributed by atoms with Crippen molar-refractivity contribution in [2.24, 2.45) is 5.92 Å². The average molecular weight is 309 g/mol. The monoisotopic (exact) mass is 308 g/mol. The second-order valence-corrected chi connectivity index (χ2v) is 4.16. The zero-order chi connectivity index (χ0) is 14.3. The number of hydrogen-bond donors (Lipinski definition) is 2. The van der Waals surface area contributed by atoms with Gasteiger partial charge in [0.05, 0.1) is 0 Å². The fourth-order valence-corrected chi connectivity index (χ4v) is 1.62. The molecule has 0 aliphatic carbocycles. The van der Waals surface area contributed by atoms with Crippen LogP contribution in [0.15, 0.2) is 24.3 Å². The minimum absolute atomic E-state index is 0. The van der Waals surface area contributed by atoms with E-state index in [0.29, 0.717) is 12.1 Å². The van der Waals surface area contributed by atoms with Crippen molar-refractivity contribution in [2.75, 3.05) is 13.6 Å². The number of rotatable bonds is 7. The molecule has 0 saturated carbocycles. The Morgan fingerprint density at radius 1 is 1.35 bits per heavy atom. The number of halogens is 3. The Hall–Kier alpha value is -1.40. The Balaban J connectivity index is 0.00000361. The first-order valence-electron chi connectivity index (χ1n) is 5.99. The van der Waals surface area contributed by atoms with E-state index >= 15 is 0 Å². The molecular formula is C13H19ClF2N2O2. The number of alkyl halides is 2. The van der Waals surface area contributed by atoms with Crippen LogP contribution in [0.1, 0.15) is 12.5 Å². The molecule has 1 amide bonds. The van der Waals surface area contributed by atoms with Gasteiger partial charge in [-0.05, 0) is 13.1 Å². The van der Waals surface area contributed by atoms with Crippen LogP contribution in [0.2, 0.25) is 0 Å². The van der Waals surface area contributed by atoms with E-state index in [4.69, 9.17) is 0 Å². The predicted octanol–water partition coefficient (Wildman–Crippen LogP) is 2.18. The molecule has 114 valence electrons. The van der Waals surface area contributed by atoms with Crippen molar-refractivity contribution in [3.05, 3.63) is 29.8 Å². The van der Waals surface area contributed by atoms with Crippen molar-refractivity contribution in [3.8, 4) is 5.75 Å². The molecular weight excluding hydrogens is 290 g/mol. The maximum Gasteiger partial charge on any atom is 0.387 e. The van der Waals surface area contributed by atoms with E-state index in [-0.39, 0.29) is 36.5 Å². The fraction of sp³-hybridized carbons (Fsp3) is 0.462. The molecule has 0 radical (unpaired) electrons. The summed E-state index contributed by atoms with van der Waals surface area (Å²) >= 11 is 0. The molecule has 0 aliphatic heterocycles. The van der Waals surface area contributed by atoms with Crippen LogP contribution in [0.3, 0.4) is 0 Å². The number of amides is 1. The van der Waals surface area contributed by atoms with Crippen LogP contribution in [-0.2, 0) is 11.3 Å². The Kier molecular flexibility index (Phi) is 8.83. The lowest BCUT2D eigenvalue weighted by Crippen LogP contribution is -2.34. The van der Waals surface area contributed by atoms with Gasteiger partial charge in [0.2, 0.25) is 5.91 Å². The molecule has 0 spiro atoms.